The molecule has 1 aromatic rings. The van der Waals surface area contributed by atoms with E-state index in [0.717, 1.165) is 0 Å². The lowest BCUT2D eigenvalue weighted by Crippen LogP contribution is -2.23. The van der Waals surface area contributed by atoms with Crippen molar-refractivity contribution in [2.75, 3.05) is 13.6 Å². The molecule has 1 rings (SSSR count). The van der Waals surface area contributed by atoms with Crippen LogP contribution >= 0.6 is 11.6 Å². The first-order valence-electron chi connectivity index (χ1n) is 3.84. The summed E-state index contributed by atoms with van der Waals surface area (Å²) in [7, 11) is 1.67. The average Bonchev–Trinajstić information content (AvgIpc) is 2.09. The number of hydrogen-bond acceptors (Lipinski definition) is 3. The maximum absolute atomic E-state index is 11.0. The van der Waals surface area contributed by atoms with E-state index in [1.807, 2.05) is 0 Å². The largest absolute Gasteiger partial charge is 0.424 e. The zero-order valence-corrected chi connectivity index (χ0v) is 7.97. The summed E-state index contributed by atoms with van der Waals surface area (Å²) in [5.41, 5.74) is 0. The second-order valence-electron chi connectivity index (χ2n) is 2.43. The van der Waals surface area contributed by atoms with Crippen LogP contribution in [0.2, 0.25) is 5.02 Å². The molecule has 0 atom stereocenters. The normalized spacial score (nSPS) is 9.69. The van der Waals surface area contributed by atoms with Gasteiger partial charge < -0.3 is 10.1 Å². The van der Waals surface area contributed by atoms with Crippen LogP contribution in [0.15, 0.2) is 24.3 Å². The highest BCUT2D eigenvalue weighted by atomic mass is 35.5. The molecule has 1 aromatic carbocycles. The summed E-state index contributed by atoms with van der Waals surface area (Å²) in [6, 6.07) is 6.85. The van der Waals surface area contributed by atoms with Gasteiger partial charge in [0.15, 0.2) is 0 Å². The SMILES string of the molecule is CNCC(=O)Oc1ccccc1Cl. The fourth-order valence-electron chi connectivity index (χ4n) is 0.831. The third-order valence-electron chi connectivity index (χ3n) is 1.38. The number of ether oxygens (including phenoxy) is 1. The highest BCUT2D eigenvalue weighted by Gasteiger charge is 2.05. The van der Waals surface area contributed by atoms with Crippen molar-refractivity contribution in [2.24, 2.45) is 0 Å². The van der Waals surface area contributed by atoms with E-state index in [1.165, 1.54) is 0 Å². The minimum absolute atomic E-state index is 0.172. The first-order chi connectivity index (χ1) is 6.24. The quantitative estimate of drug-likeness (QED) is 0.592. The van der Waals surface area contributed by atoms with Gasteiger partial charge in [-0.15, -0.1) is 0 Å². The third-order valence-corrected chi connectivity index (χ3v) is 1.69. The molecule has 0 aliphatic rings. The number of para-hydroxylation sites is 1. The zero-order valence-electron chi connectivity index (χ0n) is 7.21. The molecule has 0 aromatic heterocycles. The molecule has 0 saturated heterocycles. The van der Waals surface area contributed by atoms with Crippen molar-refractivity contribution in [2.45, 2.75) is 0 Å². The maximum Gasteiger partial charge on any atom is 0.325 e. The van der Waals surface area contributed by atoms with Crippen molar-refractivity contribution in [3.05, 3.63) is 29.3 Å². The van der Waals surface area contributed by atoms with Crippen molar-refractivity contribution >= 4 is 17.6 Å². The molecular formula is C9H10ClNO2. The fourth-order valence-corrected chi connectivity index (χ4v) is 1.00. The molecule has 0 aliphatic carbocycles. The zero-order chi connectivity index (χ0) is 9.68. The number of halogens is 1. The van der Waals surface area contributed by atoms with E-state index in [1.54, 1.807) is 31.3 Å². The van der Waals surface area contributed by atoms with E-state index in [0.29, 0.717) is 10.8 Å². The molecule has 0 radical (unpaired) electrons. The highest BCUT2D eigenvalue weighted by Crippen LogP contribution is 2.22. The summed E-state index contributed by atoms with van der Waals surface area (Å²) in [4.78, 5) is 11.0. The van der Waals surface area contributed by atoms with E-state index in [2.05, 4.69) is 5.32 Å². The van der Waals surface area contributed by atoms with E-state index in [9.17, 15) is 4.79 Å². The third kappa shape index (κ3) is 3.05. The molecule has 0 bridgehead atoms. The Kier molecular flexibility index (Phi) is 3.73. The molecule has 3 nitrogen and oxygen atoms in total. The van der Waals surface area contributed by atoms with E-state index >= 15 is 0 Å². The Morgan fingerprint density at radius 1 is 1.54 bits per heavy atom. The first kappa shape index (κ1) is 10.0. The lowest BCUT2D eigenvalue weighted by molar-refractivity contribution is -0.133. The minimum atomic E-state index is -0.351. The smallest absolute Gasteiger partial charge is 0.325 e. The van der Waals surface area contributed by atoms with Crippen molar-refractivity contribution in [1.29, 1.82) is 0 Å². The van der Waals surface area contributed by atoms with Gasteiger partial charge in [0.25, 0.3) is 0 Å². The summed E-state index contributed by atoms with van der Waals surface area (Å²) in [5, 5.41) is 3.13. The summed E-state index contributed by atoms with van der Waals surface area (Å²) >= 11 is 5.77. The van der Waals surface area contributed by atoms with Gasteiger partial charge in [0.05, 0.1) is 11.6 Å². The van der Waals surface area contributed by atoms with Crippen molar-refractivity contribution in [1.82, 2.24) is 5.32 Å². The number of carbonyl (C=O) groups excluding carboxylic acids is 1. The molecule has 0 heterocycles. The predicted molar refractivity (Wildman–Crippen MR) is 51.0 cm³/mol. The monoisotopic (exact) mass is 199 g/mol. The Morgan fingerprint density at radius 2 is 2.23 bits per heavy atom. The van der Waals surface area contributed by atoms with Gasteiger partial charge >= 0.3 is 5.97 Å². The second-order valence-corrected chi connectivity index (χ2v) is 2.84. The van der Waals surface area contributed by atoms with Gasteiger partial charge in [-0.2, -0.15) is 0 Å². The van der Waals surface area contributed by atoms with Crippen LogP contribution in [-0.4, -0.2) is 19.6 Å². The van der Waals surface area contributed by atoms with Crippen molar-refractivity contribution in [3.63, 3.8) is 0 Å². The van der Waals surface area contributed by atoms with Crippen LogP contribution in [0, 0.1) is 0 Å². The molecule has 0 fully saturated rings. The van der Waals surface area contributed by atoms with Gasteiger partial charge in [-0.05, 0) is 19.2 Å². The fraction of sp³-hybridized carbons (Fsp3) is 0.222. The standard InChI is InChI=1S/C9H10ClNO2/c1-11-6-9(12)13-8-5-3-2-4-7(8)10/h2-5,11H,6H2,1H3. The van der Waals surface area contributed by atoms with E-state index < -0.39 is 0 Å². The Labute approximate surface area is 81.7 Å². The number of benzene rings is 1. The molecule has 0 spiro atoms. The number of esters is 1. The van der Waals surface area contributed by atoms with Gasteiger partial charge in [-0.25, -0.2) is 0 Å². The predicted octanol–water partition coefficient (Wildman–Crippen LogP) is 1.46. The molecular weight excluding hydrogens is 190 g/mol. The van der Waals surface area contributed by atoms with Gasteiger partial charge in [0.1, 0.15) is 5.75 Å². The van der Waals surface area contributed by atoms with Gasteiger partial charge in [-0.1, -0.05) is 23.7 Å². The Balaban J connectivity index is 2.63. The molecule has 70 valence electrons. The van der Waals surface area contributed by atoms with Crippen LogP contribution < -0.4 is 10.1 Å². The highest BCUT2D eigenvalue weighted by molar-refractivity contribution is 6.32. The Bertz CT molecular complexity index is 301. The summed E-state index contributed by atoms with van der Waals surface area (Å²) in [6.45, 7) is 0.172. The van der Waals surface area contributed by atoms with Crippen LogP contribution in [0.1, 0.15) is 0 Å². The number of hydrogen-bond donors (Lipinski definition) is 1. The van der Waals surface area contributed by atoms with E-state index in [4.69, 9.17) is 16.3 Å². The minimum Gasteiger partial charge on any atom is -0.424 e. The molecule has 4 heteroatoms. The van der Waals surface area contributed by atoms with Gasteiger partial charge in [-0.3, -0.25) is 4.79 Å². The number of nitrogens with one attached hydrogen (secondary N) is 1. The van der Waals surface area contributed by atoms with Gasteiger partial charge in [0.2, 0.25) is 0 Å². The lowest BCUT2D eigenvalue weighted by Gasteiger charge is -2.04. The topological polar surface area (TPSA) is 38.3 Å². The van der Waals surface area contributed by atoms with Crippen LogP contribution in [0.3, 0.4) is 0 Å². The molecule has 0 saturated carbocycles. The lowest BCUT2D eigenvalue weighted by atomic mass is 10.3. The molecule has 13 heavy (non-hydrogen) atoms. The molecule has 0 unspecified atom stereocenters. The number of likely N-dealkylation sites (N-methyl/N-ethyl adjacent to an activating group) is 1. The summed E-state index contributed by atoms with van der Waals surface area (Å²) < 4.78 is 4.95. The van der Waals surface area contributed by atoms with Crippen LogP contribution in [0.4, 0.5) is 0 Å². The number of carbonyl (C=O) groups is 1. The summed E-state index contributed by atoms with van der Waals surface area (Å²) in [5.74, 6) is 0.0417. The second kappa shape index (κ2) is 4.84. The maximum atomic E-state index is 11.0. The Hall–Kier alpha value is -1.06. The molecule has 0 aliphatic heterocycles. The molecule has 0 amide bonds. The Morgan fingerprint density at radius 3 is 2.85 bits per heavy atom. The first-order valence-corrected chi connectivity index (χ1v) is 4.21. The average molecular weight is 200 g/mol. The van der Waals surface area contributed by atoms with Crippen molar-refractivity contribution < 1.29 is 9.53 Å². The molecule has 1 N–H and O–H groups in total. The summed E-state index contributed by atoms with van der Waals surface area (Å²) in [6.07, 6.45) is 0. The van der Waals surface area contributed by atoms with Gasteiger partial charge in [0, 0.05) is 0 Å². The van der Waals surface area contributed by atoms with Crippen LogP contribution in [0.25, 0.3) is 0 Å². The van der Waals surface area contributed by atoms with Crippen LogP contribution in [-0.2, 0) is 4.79 Å². The van der Waals surface area contributed by atoms with Crippen LogP contribution in [0.5, 0.6) is 5.75 Å². The van der Waals surface area contributed by atoms with Crippen molar-refractivity contribution in [3.8, 4) is 5.75 Å². The van der Waals surface area contributed by atoms with E-state index in [-0.39, 0.29) is 12.5 Å². The number of rotatable bonds is 3.